The Balaban J connectivity index is 0.000000720. The summed E-state index contributed by atoms with van der Waals surface area (Å²) in [6, 6.07) is 9.13. The second kappa shape index (κ2) is 3.90. The quantitative estimate of drug-likeness (QED) is 0.603. The summed E-state index contributed by atoms with van der Waals surface area (Å²) >= 11 is 0. The Labute approximate surface area is 92.5 Å². The van der Waals surface area contributed by atoms with Gasteiger partial charge in [-0.15, -0.1) is 0 Å². The molecule has 1 heterocycles. The SMILES string of the molecule is Oc1cccc2cccnc12.[NaH]. The zero-order valence-corrected chi connectivity index (χ0v) is 5.86. The van der Waals surface area contributed by atoms with Crippen LogP contribution < -0.4 is 0 Å². The molecule has 0 saturated heterocycles. The van der Waals surface area contributed by atoms with Crippen LogP contribution in [0.2, 0.25) is 0 Å². The second-order valence-electron chi connectivity index (χ2n) is 2.35. The molecule has 0 fully saturated rings. The van der Waals surface area contributed by atoms with Gasteiger partial charge in [0.05, 0.1) is 0 Å². The summed E-state index contributed by atoms with van der Waals surface area (Å²) in [5, 5.41) is 10.3. The van der Waals surface area contributed by atoms with Crippen molar-refractivity contribution < 1.29 is 5.11 Å². The van der Waals surface area contributed by atoms with E-state index in [1.807, 2.05) is 18.2 Å². The number of rotatable bonds is 0. The van der Waals surface area contributed by atoms with Gasteiger partial charge in [0.15, 0.2) is 0 Å². The minimum atomic E-state index is 0. The van der Waals surface area contributed by atoms with E-state index in [2.05, 4.69) is 4.98 Å². The molecule has 12 heavy (non-hydrogen) atoms. The van der Waals surface area contributed by atoms with E-state index >= 15 is 0 Å². The van der Waals surface area contributed by atoms with Crippen molar-refractivity contribution in [2.24, 2.45) is 0 Å². The fraction of sp³-hybridized carbons (Fsp3) is 0. The van der Waals surface area contributed by atoms with Gasteiger partial charge in [-0.25, -0.2) is 0 Å². The Bertz CT molecular complexity index is 384. The van der Waals surface area contributed by atoms with Crippen LogP contribution in [0.1, 0.15) is 0 Å². The fourth-order valence-electron chi connectivity index (χ4n) is 1.09. The summed E-state index contributed by atoms with van der Waals surface area (Å²) in [7, 11) is 0. The number of aromatic hydroxyl groups is 1. The first-order valence-corrected chi connectivity index (χ1v) is 3.40. The average molecular weight is 169 g/mol. The second-order valence-corrected chi connectivity index (χ2v) is 2.35. The third-order valence-electron chi connectivity index (χ3n) is 1.61. The number of benzene rings is 1. The number of hydrogen-bond donors (Lipinski definition) is 1. The summed E-state index contributed by atoms with van der Waals surface area (Å²) in [6.45, 7) is 0. The number of phenols is 1. The summed E-state index contributed by atoms with van der Waals surface area (Å²) in [4.78, 5) is 4.03. The van der Waals surface area contributed by atoms with Gasteiger partial charge in [-0.3, -0.25) is 4.98 Å². The van der Waals surface area contributed by atoms with Crippen LogP contribution in [0.5, 0.6) is 5.75 Å². The summed E-state index contributed by atoms with van der Waals surface area (Å²) in [5.74, 6) is 0.239. The molecular formula is C9H8NNaO. The Kier molecular flexibility index (Phi) is 3.09. The molecule has 2 rings (SSSR count). The standard InChI is InChI=1S/C9H7NO.Na.H/c11-8-5-1-3-7-4-2-6-10-9(7)8;;/h1-6,11H;;. The third-order valence-corrected chi connectivity index (χ3v) is 1.61. The van der Waals surface area contributed by atoms with Gasteiger partial charge in [-0.05, 0) is 12.1 Å². The van der Waals surface area contributed by atoms with E-state index in [0.29, 0.717) is 5.52 Å². The first-order chi connectivity index (χ1) is 5.38. The molecule has 0 aliphatic heterocycles. The molecule has 0 unspecified atom stereocenters. The van der Waals surface area contributed by atoms with Crippen LogP contribution >= 0.6 is 0 Å². The molecule has 3 heteroatoms. The van der Waals surface area contributed by atoms with Crippen molar-refractivity contribution in [3.63, 3.8) is 0 Å². The first-order valence-electron chi connectivity index (χ1n) is 3.40. The van der Waals surface area contributed by atoms with Gasteiger partial charge in [0.1, 0.15) is 11.3 Å². The van der Waals surface area contributed by atoms with Crippen molar-refractivity contribution in [3.8, 4) is 5.75 Å². The van der Waals surface area contributed by atoms with Crippen molar-refractivity contribution in [2.75, 3.05) is 0 Å². The molecule has 2 nitrogen and oxygen atoms in total. The monoisotopic (exact) mass is 169 g/mol. The molecule has 0 aliphatic carbocycles. The molecule has 56 valence electrons. The Hall–Kier alpha value is -0.570. The van der Waals surface area contributed by atoms with E-state index in [9.17, 15) is 5.11 Å². The number of aromatic nitrogens is 1. The number of phenolic OH excluding ortho intramolecular Hbond substituents is 1. The Morgan fingerprint density at radius 3 is 2.58 bits per heavy atom. The summed E-state index contributed by atoms with van der Waals surface area (Å²) in [6.07, 6.45) is 1.67. The van der Waals surface area contributed by atoms with Gasteiger partial charge >= 0.3 is 29.6 Å². The van der Waals surface area contributed by atoms with Gasteiger partial charge < -0.3 is 5.11 Å². The molecule has 0 spiro atoms. The van der Waals surface area contributed by atoms with Gasteiger partial charge in [0.25, 0.3) is 0 Å². The molecule has 1 N–H and O–H groups in total. The van der Waals surface area contributed by atoms with Crippen molar-refractivity contribution in [3.05, 3.63) is 36.5 Å². The van der Waals surface area contributed by atoms with Crippen molar-refractivity contribution in [1.82, 2.24) is 4.98 Å². The van der Waals surface area contributed by atoms with Crippen LogP contribution in [0.25, 0.3) is 10.9 Å². The maximum atomic E-state index is 9.31. The maximum absolute atomic E-state index is 9.31. The van der Waals surface area contributed by atoms with Gasteiger partial charge in [-0.1, -0.05) is 18.2 Å². The molecule has 0 aliphatic rings. The van der Waals surface area contributed by atoms with Crippen molar-refractivity contribution >= 4 is 40.5 Å². The number of pyridine rings is 1. The molecule has 1 aromatic heterocycles. The first kappa shape index (κ1) is 9.52. The van der Waals surface area contributed by atoms with Crippen LogP contribution in [-0.2, 0) is 0 Å². The predicted molar refractivity (Wildman–Crippen MR) is 50.6 cm³/mol. The average Bonchev–Trinajstić information content (AvgIpc) is 2.06. The van der Waals surface area contributed by atoms with Gasteiger partial charge in [0.2, 0.25) is 0 Å². The topological polar surface area (TPSA) is 33.1 Å². The molecule has 2 aromatic rings. The molecule has 0 bridgehead atoms. The van der Waals surface area contributed by atoms with E-state index in [0.717, 1.165) is 5.39 Å². The van der Waals surface area contributed by atoms with Crippen molar-refractivity contribution in [2.45, 2.75) is 0 Å². The van der Waals surface area contributed by atoms with E-state index in [1.54, 1.807) is 18.3 Å². The van der Waals surface area contributed by atoms with Crippen LogP contribution in [0.3, 0.4) is 0 Å². The predicted octanol–water partition coefficient (Wildman–Crippen LogP) is 1.29. The normalized spacial score (nSPS) is 9.33. The number of fused-ring (bicyclic) bond motifs is 1. The molecular weight excluding hydrogens is 161 g/mol. The summed E-state index contributed by atoms with van der Waals surface area (Å²) in [5.41, 5.74) is 0.662. The number of hydrogen-bond acceptors (Lipinski definition) is 2. The molecule has 0 atom stereocenters. The molecule has 0 amide bonds. The van der Waals surface area contributed by atoms with Crippen molar-refractivity contribution in [1.29, 1.82) is 0 Å². The minimum absolute atomic E-state index is 0. The Morgan fingerprint density at radius 1 is 1.08 bits per heavy atom. The van der Waals surface area contributed by atoms with Gasteiger partial charge in [-0.2, -0.15) is 0 Å². The fourth-order valence-corrected chi connectivity index (χ4v) is 1.09. The van der Waals surface area contributed by atoms with E-state index in [4.69, 9.17) is 0 Å². The number of nitrogens with zero attached hydrogens (tertiary/aromatic N) is 1. The summed E-state index contributed by atoms with van der Waals surface area (Å²) < 4.78 is 0. The van der Waals surface area contributed by atoms with Gasteiger partial charge in [0, 0.05) is 11.6 Å². The van der Waals surface area contributed by atoms with E-state index in [1.165, 1.54) is 0 Å². The van der Waals surface area contributed by atoms with Crippen LogP contribution in [0.15, 0.2) is 36.5 Å². The van der Waals surface area contributed by atoms with Crippen LogP contribution in [-0.4, -0.2) is 39.6 Å². The van der Waals surface area contributed by atoms with Crippen LogP contribution in [0, 0.1) is 0 Å². The molecule has 0 saturated carbocycles. The number of para-hydroxylation sites is 1. The molecule has 1 aromatic carbocycles. The van der Waals surface area contributed by atoms with E-state index < -0.39 is 0 Å². The van der Waals surface area contributed by atoms with Crippen LogP contribution in [0.4, 0.5) is 0 Å². The zero-order valence-electron chi connectivity index (χ0n) is 5.86. The Morgan fingerprint density at radius 2 is 1.83 bits per heavy atom. The zero-order chi connectivity index (χ0) is 7.68. The van der Waals surface area contributed by atoms with E-state index in [-0.39, 0.29) is 35.3 Å². The third kappa shape index (κ3) is 1.61. The molecule has 0 radical (unpaired) electrons.